The number of nitro groups is 1. The number of hydrogen-bond donors (Lipinski definition) is 1. The number of aliphatic hydroxyl groups is 1. The molecule has 2 aromatic rings. The van der Waals surface area contributed by atoms with E-state index in [4.69, 9.17) is 5.11 Å². The van der Waals surface area contributed by atoms with Gasteiger partial charge < -0.3 is 5.11 Å². The van der Waals surface area contributed by atoms with Gasteiger partial charge in [-0.3, -0.25) is 14.9 Å². The van der Waals surface area contributed by atoms with Gasteiger partial charge in [0, 0.05) is 12.7 Å². The van der Waals surface area contributed by atoms with Crippen LogP contribution in [0.15, 0.2) is 42.5 Å². The molecule has 0 saturated carbocycles. The number of rotatable bonds is 3. The van der Waals surface area contributed by atoms with Crippen LogP contribution in [-0.4, -0.2) is 22.9 Å². The first-order chi connectivity index (χ1) is 10.0. The molecule has 0 fully saturated rings. The second-order valence-corrected chi connectivity index (χ2v) is 3.74. The summed E-state index contributed by atoms with van der Waals surface area (Å²) in [7, 11) is 1.00. The van der Waals surface area contributed by atoms with E-state index in [1.165, 1.54) is 12.1 Å². The lowest BCUT2D eigenvalue weighted by atomic mass is 10.0. The normalized spacial score (nSPS) is 9.52. The number of nitro benzene ring substituents is 1. The Hall–Kier alpha value is -2.67. The monoisotopic (exact) mass is 295 g/mol. The molecule has 0 unspecified atom stereocenters. The van der Waals surface area contributed by atoms with Crippen molar-refractivity contribution in [2.45, 2.75) is 0 Å². The molecule has 0 bridgehead atoms. The van der Waals surface area contributed by atoms with Crippen molar-refractivity contribution >= 4 is 11.5 Å². The van der Waals surface area contributed by atoms with E-state index >= 15 is 0 Å². The average molecular weight is 295 g/mol. The highest BCUT2D eigenvalue weighted by Crippen LogP contribution is 2.23. The van der Waals surface area contributed by atoms with E-state index in [9.17, 15) is 23.7 Å². The molecular weight excluding hydrogens is 284 g/mol. The molecule has 0 aliphatic carbocycles. The van der Waals surface area contributed by atoms with Crippen molar-refractivity contribution in [2.75, 3.05) is 7.11 Å². The van der Waals surface area contributed by atoms with Crippen LogP contribution < -0.4 is 0 Å². The summed E-state index contributed by atoms with van der Waals surface area (Å²) < 4.78 is 27.0. The zero-order valence-electron chi connectivity index (χ0n) is 10.9. The highest BCUT2D eigenvalue weighted by molar-refractivity contribution is 6.09. The van der Waals surface area contributed by atoms with E-state index in [2.05, 4.69) is 0 Å². The molecule has 0 aliphatic heterocycles. The summed E-state index contributed by atoms with van der Waals surface area (Å²) in [6.07, 6.45) is 0. The third-order valence-electron chi connectivity index (χ3n) is 2.51. The zero-order chi connectivity index (χ0) is 16.0. The molecule has 7 heteroatoms. The standard InChI is InChI=1S/C13H7F2NO3.CH4O/c14-10-7-12(16(18)19)11(15)6-9(10)13(17)8-4-2-1-3-5-8;1-2/h1-7H;2H,1H3. The van der Waals surface area contributed by atoms with Crippen LogP contribution in [0.1, 0.15) is 15.9 Å². The topological polar surface area (TPSA) is 80.4 Å². The van der Waals surface area contributed by atoms with Crippen LogP contribution in [0.25, 0.3) is 0 Å². The number of ketones is 1. The minimum atomic E-state index is -1.24. The molecule has 110 valence electrons. The summed E-state index contributed by atoms with van der Waals surface area (Å²) in [6.45, 7) is 0. The molecule has 0 spiro atoms. The highest BCUT2D eigenvalue weighted by atomic mass is 19.1. The fourth-order valence-corrected chi connectivity index (χ4v) is 1.60. The number of aliphatic hydroxyl groups excluding tert-OH is 1. The predicted octanol–water partition coefficient (Wildman–Crippen LogP) is 2.71. The smallest absolute Gasteiger partial charge is 0.307 e. The third kappa shape index (κ3) is 3.67. The van der Waals surface area contributed by atoms with Crippen molar-refractivity contribution in [3.8, 4) is 0 Å². The van der Waals surface area contributed by atoms with E-state index in [-0.39, 0.29) is 5.56 Å². The van der Waals surface area contributed by atoms with Crippen LogP contribution in [-0.2, 0) is 0 Å². The Labute approximate surface area is 118 Å². The van der Waals surface area contributed by atoms with E-state index < -0.39 is 33.6 Å². The molecule has 0 atom stereocenters. The lowest BCUT2D eigenvalue weighted by Gasteiger charge is -2.03. The van der Waals surface area contributed by atoms with Crippen molar-refractivity contribution in [1.82, 2.24) is 0 Å². The minimum absolute atomic E-state index is 0.176. The van der Waals surface area contributed by atoms with Gasteiger partial charge in [0.2, 0.25) is 5.82 Å². The van der Waals surface area contributed by atoms with Gasteiger partial charge in [-0.2, -0.15) is 4.39 Å². The van der Waals surface area contributed by atoms with Gasteiger partial charge >= 0.3 is 5.69 Å². The Bertz CT molecular complexity index is 660. The number of carbonyl (C=O) groups is 1. The highest BCUT2D eigenvalue weighted by Gasteiger charge is 2.22. The number of benzene rings is 2. The van der Waals surface area contributed by atoms with Crippen LogP contribution in [0.3, 0.4) is 0 Å². The van der Waals surface area contributed by atoms with Crippen LogP contribution in [0, 0.1) is 21.7 Å². The van der Waals surface area contributed by atoms with E-state index in [1.807, 2.05) is 0 Å². The summed E-state index contributed by atoms with van der Waals surface area (Å²) in [4.78, 5) is 21.3. The largest absolute Gasteiger partial charge is 0.400 e. The Morgan fingerprint density at radius 3 is 2.19 bits per heavy atom. The number of carbonyl (C=O) groups excluding carboxylic acids is 1. The second-order valence-electron chi connectivity index (χ2n) is 3.74. The SMILES string of the molecule is CO.O=C(c1ccccc1)c1cc(F)c([N+](=O)[O-])cc1F. The van der Waals surface area contributed by atoms with Gasteiger partial charge in [-0.1, -0.05) is 30.3 Å². The van der Waals surface area contributed by atoms with Crippen LogP contribution in [0.2, 0.25) is 0 Å². The minimum Gasteiger partial charge on any atom is -0.400 e. The molecule has 1 N–H and O–H groups in total. The lowest BCUT2D eigenvalue weighted by Crippen LogP contribution is -2.06. The van der Waals surface area contributed by atoms with Crippen molar-refractivity contribution in [3.05, 3.63) is 75.3 Å². The first-order valence-electron chi connectivity index (χ1n) is 5.68. The maximum atomic E-state index is 13.6. The van der Waals surface area contributed by atoms with Crippen LogP contribution >= 0.6 is 0 Å². The first-order valence-corrected chi connectivity index (χ1v) is 5.68. The fourth-order valence-electron chi connectivity index (χ4n) is 1.60. The first kappa shape index (κ1) is 16.4. The molecule has 0 aliphatic rings. The van der Waals surface area contributed by atoms with Crippen LogP contribution in [0.5, 0.6) is 0 Å². The molecule has 0 amide bonds. The van der Waals surface area contributed by atoms with E-state index in [1.54, 1.807) is 18.2 Å². The average Bonchev–Trinajstić information content (AvgIpc) is 2.51. The molecule has 21 heavy (non-hydrogen) atoms. The number of nitrogens with zero attached hydrogens (tertiary/aromatic N) is 1. The predicted molar refractivity (Wildman–Crippen MR) is 71.0 cm³/mol. The van der Waals surface area contributed by atoms with Gasteiger partial charge in [0.25, 0.3) is 0 Å². The summed E-state index contributed by atoms with van der Waals surface area (Å²) in [6, 6.07) is 8.67. The lowest BCUT2D eigenvalue weighted by molar-refractivity contribution is -0.387. The van der Waals surface area contributed by atoms with Gasteiger partial charge in [0.05, 0.1) is 16.6 Å². The Kier molecular flexibility index (Phi) is 5.62. The third-order valence-corrected chi connectivity index (χ3v) is 2.51. The molecule has 0 aromatic heterocycles. The molecule has 0 heterocycles. The number of hydrogen-bond acceptors (Lipinski definition) is 4. The molecule has 0 saturated heterocycles. The van der Waals surface area contributed by atoms with Gasteiger partial charge in [0.15, 0.2) is 5.78 Å². The summed E-state index contributed by atoms with van der Waals surface area (Å²) in [5.41, 5.74) is -1.36. The molecular formula is C14H11F2NO4. The summed E-state index contributed by atoms with van der Waals surface area (Å²) >= 11 is 0. The maximum Gasteiger partial charge on any atom is 0.307 e. The molecule has 5 nitrogen and oxygen atoms in total. The Morgan fingerprint density at radius 2 is 1.67 bits per heavy atom. The Morgan fingerprint density at radius 1 is 1.10 bits per heavy atom. The van der Waals surface area contributed by atoms with E-state index in [0.717, 1.165) is 7.11 Å². The quantitative estimate of drug-likeness (QED) is 0.536. The second kappa shape index (κ2) is 7.20. The van der Waals surface area contributed by atoms with Gasteiger partial charge in [0.1, 0.15) is 5.82 Å². The zero-order valence-corrected chi connectivity index (χ0v) is 10.9. The van der Waals surface area contributed by atoms with Gasteiger partial charge in [-0.05, 0) is 6.07 Å². The van der Waals surface area contributed by atoms with Crippen molar-refractivity contribution in [3.63, 3.8) is 0 Å². The molecule has 2 aromatic carbocycles. The van der Waals surface area contributed by atoms with Gasteiger partial charge in [-0.15, -0.1) is 0 Å². The van der Waals surface area contributed by atoms with Gasteiger partial charge in [-0.25, -0.2) is 4.39 Å². The summed E-state index contributed by atoms with van der Waals surface area (Å²) in [5.74, 6) is -3.10. The van der Waals surface area contributed by atoms with Crippen molar-refractivity contribution < 1.29 is 23.6 Å². The van der Waals surface area contributed by atoms with Crippen molar-refractivity contribution in [2.24, 2.45) is 0 Å². The Balaban J connectivity index is 0.00000106. The van der Waals surface area contributed by atoms with Crippen molar-refractivity contribution in [1.29, 1.82) is 0 Å². The van der Waals surface area contributed by atoms with Crippen LogP contribution in [0.4, 0.5) is 14.5 Å². The number of halogens is 2. The molecule has 2 rings (SSSR count). The maximum absolute atomic E-state index is 13.6. The summed E-state index contributed by atoms with van der Waals surface area (Å²) in [5, 5.41) is 17.4. The fraction of sp³-hybridized carbons (Fsp3) is 0.0714. The molecule has 0 radical (unpaired) electrons. The van der Waals surface area contributed by atoms with E-state index in [0.29, 0.717) is 12.1 Å².